The fourth-order valence-corrected chi connectivity index (χ4v) is 3.97. The normalized spacial score (nSPS) is 23.7. The van der Waals surface area contributed by atoms with Crippen molar-refractivity contribution < 1.29 is 23.8 Å². The number of nitrogens with zero attached hydrogens (tertiary/aromatic N) is 1. The quantitative estimate of drug-likeness (QED) is 0.487. The van der Waals surface area contributed by atoms with E-state index in [1.165, 1.54) is 23.1 Å². The molecule has 2 aromatic carbocycles. The highest BCUT2D eigenvalue weighted by Crippen LogP contribution is 2.40. The van der Waals surface area contributed by atoms with E-state index in [9.17, 15) is 19.1 Å². The molecule has 1 N–H and O–H groups in total. The molecule has 2 unspecified atom stereocenters. The number of aliphatic hydroxyl groups excluding tert-OH is 1. The van der Waals surface area contributed by atoms with Gasteiger partial charge < -0.3 is 14.7 Å². The van der Waals surface area contributed by atoms with Crippen LogP contribution in [0.4, 0.5) is 4.39 Å². The van der Waals surface area contributed by atoms with Crippen LogP contribution >= 0.6 is 0 Å². The first-order chi connectivity index (χ1) is 14.0. The molecule has 5 nitrogen and oxygen atoms in total. The number of halogens is 1. The number of ether oxygens (including phenoxy) is 1. The van der Waals surface area contributed by atoms with Gasteiger partial charge in [0, 0.05) is 18.7 Å². The van der Waals surface area contributed by atoms with Gasteiger partial charge in [0.15, 0.2) is 0 Å². The van der Waals surface area contributed by atoms with Crippen LogP contribution in [0.2, 0.25) is 0 Å². The minimum atomic E-state index is -0.865. The molecule has 2 heterocycles. The molecule has 2 saturated heterocycles. The van der Waals surface area contributed by atoms with Gasteiger partial charge in [0.1, 0.15) is 11.6 Å². The molecule has 0 bridgehead atoms. The Labute approximate surface area is 168 Å². The lowest BCUT2D eigenvalue weighted by Crippen LogP contribution is -2.36. The number of carbonyl (C=O) groups excluding carboxylic acids is 2. The third-order valence-electron chi connectivity index (χ3n) is 5.45. The molecule has 29 heavy (non-hydrogen) atoms. The van der Waals surface area contributed by atoms with E-state index in [4.69, 9.17) is 4.74 Å². The third kappa shape index (κ3) is 3.68. The fraction of sp³-hybridized carbons (Fsp3) is 0.304. The summed E-state index contributed by atoms with van der Waals surface area (Å²) in [5.41, 5.74) is 1.85. The van der Waals surface area contributed by atoms with Crippen molar-refractivity contribution in [3.05, 3.63) is 76.6 Å². The summed E-state index contributed by atoms with van der Waals surface area (Å²) in [6.45, 7) is 2.75. The number of amides is 1. The van der Waals surface area contributed by atoms with Crippen LogP contribution < -0.4 is 0 Å². The first kappa shape index (κ1) is 19.3. The highest BCUT2D eigenvalue weighted by Gasteiger charge is 2.47. The maximum absolute atomic E-state index is 14.0. The third-order valence-corrected chi connectivity index (χ3v) is 5.45. The molecule has 2 aliphatic heterocycles. The molecule has 0 aliphatic carbocycles. The van der Waals surface area contributed by atoms with E-state index in [-0.39, 0.29) is 24.0 Å². The van der Waals surface area contributed by atoms with Gasteiger partial charge in [-0.15, -0.1) is 0 Å². The second-order valence-corrected chi connectivity index (χ2v) is 7.51. The van der Waals surface area contributed by atoms with Gasteiger partial charge in [0.2, 0.25) is 0 Å². The van der Waals surface area contributed by atoms with E-state index < -0.39 is 23.5 Å². The van der Waals surface area contributed by atoms with Crippen molar-refractivity contribution in [3.8, 4) is 0 Å². The first-order valence-electron chi connectivity index (χ1n) is 9.68. The van der Waals surface area contributed by atoms with Gasteiger partial charge in [-0.1, -0.05) is 42.0 Å². The zero-order chi connectivity index (χ0) is 20.5. The number of carbonyl (C=O) groups is 2. The Kier molecular flexibility index (Phi) is 5.20. The van der Waals surface area contributed by atoms with E-state index in [0.717, 1.165) is 18.4 Å². The SMILES string of the molecule is Cc1ccc(/C(O)=C2/C(=O)C(=O)N(CC3CCCO3)C2c2cccc(F)c2)cc1. The van der Waals surface area contributed by atoms with E-state index in [1.807, 2.05) is 19.1 Å². The zero-order valence-corrected chi connectivity index (χ0v) is 16.1. The summed E-state index contributed by atoms with van der Waals surface area (Å²) in [6.07, 6.45) is 1.50. The molecule has 2 fully saturated rings. The Bertz CT molecular complexity index is 977. The van der Waals surface area contributed by atoms with Crippen molar-refractivity contribution in [1.29, 1.82) is 0 Å². The predicted octanol–water partition coefficient (Wildman–Crippen LogP) is 3.73. The Morgan fingerprint density at radius 1 is 1.21 bits per heavy atom. The van der Waals surface area contributed by atoms with E-state index in [1.54, 1.807) is 18.2 Å². The monoisotopic (exact) mass is 395 g/mol. The molecule has 4 rings (SSSR count). The van der Waals surface area contributed by atoms with Crippen molar-refractivity contribution in [3.63, 3.8) is 0 Å². The first-order valence-corrected chi connectivity index (χ1v) is 9.68. The topological polar surface area (TPSA) is 66.8 Å². The number of hydrogen-bond donors (Lipinski definition) is 1. The number of benzene rings is 2. The lowest BCUT2D eigenvalue weighted by atomic mass is 9.95. The highest BCUT2D eigenvalue weighted by atomic mass is 19.1. The number of hydrogen-bond acceptors (Lipinski definition) is 4. The van der Waals surface area contributed by atoms with Crippen molar-refractivity contribution in [2.24, 2.45) is 0 Å². The van der Waals surface area contributed by atoms with Crippen LogP contribution in [0.5, 0.6) is 0 Å². The summed E-state index contributed by atoms with van der Waals surface area (Å²) in [5, 5.41) is 10.9. The molecular formula is C23H22FNO4. The van der Waals surface area contributed by atoms with E-state index >= 15 is 0 Å². The van der Waals surface area contributed by atoms with Crippen LogP contribution in [0.3, 0.4) is 0 Å². The number of aryl methyl sites for hydroxylation is 1. The van der Waals surface area contributed by atoms with Crippen molar-refractivity contribution in [1.82, 2.24) is 4.90 Å². The van der Waals surface area contributed by atoms with Gasteiger partial charge in [0.05, 0.1) is 17.7 Å². The van der Waals surface area contributed by atoms with E-state index in [0.29, 0.717) is 17.7 Å². The van der Waals surface area contributed by atoms with Gasteiger partial charge >= 0.3 is 0 Å². The Morgan fingerprint density at radius 2 is 1.97 bits per heavy atom. The lowest BCUT2D eigenvalue weighted by molar-refractivity contribution is -0.140. The summed E-state index contributed by atoms with van der Waals surface area (Å²) in [6, 6.07) is 11.9. The second-order valence-electron chi connectivity index (χ2n) is 7.51. The predicted molar refractivity (Wildman–Crippen MR) is 106 cm³/mol. The minimum Gasteiger partial charge on any atom is -0.507 e. The standard InChI is InChI=1S/C23H22FNO4/c1-14-7-9-15(10-8-14)21(26)19-20(16-4-2-5-17(24)12-16)25(23(28)22(19)27)13-18-6-3-11-29-18/h2,4-5,7-10,12,18,20,26H,3,6,11,13H2,1H3/b21-19-. The molecule has 2 aliphatic rings. The van der Waals surface area contributed by atoms with Gasteiger partial charge in [-0.2, -0.15) is 0 Å². The van der Waals surface area contributed by atoms with Crippen LogP contribution in [-0.2, 0) is 14.3 Å². The largest absolute Gasteiger partial charge is 0.507 e. The lowest BCUT2D eigenvalue weighted by Gasteiger charge is -2.27. The number of aliphatic hydroxyl groups is 1. The molecule has 0 aromatic heterocycles. The zero-order valence-electron chi connectivity index (χ0n) is 16.1. The van der Waals surface area contributed by atoms with Crippen LogP contribution in [0, 0.1) is 12.7 Å². The molecule has 2 aromatic rings. The molecule has 0 spiro atoms. The van der Waals surface area contributed by atoms with Crippen LogP contribution in [-0.4, -0.2) is 41.0 Å². The summed E-state index contributed by atoms with van der Waals surface area (Å²) >= 11 is 0. The number of ketones is 1. The average molecular weight is 395 g/mol. The summed E-state index contributed by atoms with van der Waals surface area (Å²) in [4.78, 5) is 27.1. The number of likely N-dealkylation sites (tertiary alicyclic amines) is 1. The molecule has 150 valence electrons. The molecule has 0 saturated carbocycles. The van der Waals surface area contributed by atoms with E-state index in [2.05, 4.69) is 0 Å². The Morgan fingerprint density at radius 3 is 2.62 bits per heavy atom. The van der Waals surface area contributed by atoms with Crippen molar-refractivity contribution >= 4 is 17.4 Å². The average Bonchev–Trinajstić information content (AvgIpc) is 3.30. The smallest absolute Gasteiger partial charge is 0.295 e. The molecule has 0 radical (unpaired) electrons. The summed E-state index contributed by atoms with van der Waals surface area (Å²) in [7, 11) is 0. The second kappa shape index (κ2) is 7.79. The summed E-state index contributed by atoms with van der Waals surface area (Å²) in [5.74, 6) is -2.20. The highest BCUT2D eigenvalue weighted by molar-refractivity contribution is 6.46. The fourth-order valence-electron chi connectivity index (χ4n) is 3.97. The van der Waals surface area contributed by atoms with Crippen molar-refractivity contribution in [2.45, 2.75) is 31.9 Å². The summed E-state index contributed by atoms with van der Waals surface area (Å²) < 4.78 is 19.6. The minimum absolute atomic E-state index is 0.0255. The maximum atomic E-state index is 14.0. The van der Waals surface area contributed by atoms with Gasteiger partial charge in [0.25, 0.3) is 11.7 Å². The molecule has 1 amide bonds. The Balaban J connectivity index is 1.83. The number of Topliss-reactive ketones (excluding diaryl/α,β-unsaturated/α-hetero) is 1. The molecule has 6 heteroatoms. The van der Waals surface area contributed by atoms with Gasteiger partial charge in [-0.25, -0.2) is 4.39 Å². The Hall–Kier alpha value is -2.99. The van der Waals surface area contributed by atoms with Crippen LogP contribution in [0.1, 0.15) is 35.6 Å². The molecular weight excluding hydrogens is 373 g/mol. The van der Waals surface area contributed by atoms with Gasteiger partial charge in [-0.05, 0) is 37.5 Å². The maximum Gasteiger partial charge on any atom is 0.295 e. The van der Waals surface area contributed by atoms with Crippen LogP contribution in [0.15, 0.2) is 54.1 Å². The van der Waals surface area contributed by atoms with Crippen molar-refractivity contribution in [2.75, 3.05) is 13.2 Å². The van der Waals surface area contributed by atoms with Crippen LogP contribution in [0.25, 0.3) is 5.76 Å². The number of rotatable bonds is 4. The van der Waals surface area contributed by atoms with Gasteiger partial charge in [-0.3, -0.25) is 9.59 Å². The molecule has 2 atom stereocenters.